The van der Waals surface area contributed by atoms with Gasteiger partial charge >= 0.3 is 0 Å². The van der Waals surface area contributed by atoms with E-state index in [0.717, 1.165) is 36.9 Å². The largest absolute Gasteiger partial charge is 0.373 e. The number of nitrogens with zero attached hydrogens (tertiary/aromatic N) is 3. The molecule has 0 amide bonds. The number of aromatic nitrogens is 2. The fraction of sp³-hybridized carbons (Fsp3) is 0.733. The molecule has 1 heterocycles. The maximum Gasteiger partial charge on any atom is 0.137 e. The lowest BCUT2D eigenvalue weighted by Gasteiger charge is -2.25. The van der Waals surface area contributed by atoms with E-state index in [1.165, 1.54) is 31.2 Å². The fourth-order valence-corrected chi connectivity index (χ4v) is 3.09. The van der Waals surface area contributed by atoms with Crippen LogP contribution in [0.5, 0.6) is 0 Å². The normalized spacial score (nSPS) is 15.7. The number of hydrogen-bond donors (Lipinski definition) is 1. The van der Waals surface area contributed by atoms with Gasteiger partial charge in [-0.2, -0.15) is 0 Å². The lowest BCUT2D eigenvalue weighted by molar-refractivity contribution is 0.544. The topological polar surface area (TPSA) is 41.1 Å². The van der Waals surface area contributed by atoms with Crippen LogP contribution in [0.3, 0.4) is 0 Å². The molecule has 1 aromatic heterocycles. The quantitative estimate of drug-likeness (QED) is 0.855. The third kappa shape index (κ3) is 3.37. The number of hydrogen-bond acceptors (Lipinski definition) is 4. The SMILES string of the molecule is CCCc1c(NC)ncnc1N(C)CC1CCCC1. The van der Waals surface area contributed by atoms with Crippen LogP contribution in [0.4, 0.5) is 11.6 Å². The van der Waals surface area contributed by atoms with Crippen molar-refractivity contribution in [2.75, 3.05) is 30.9 Å². The molecule has 1 saturated carbocycles. The molecule has 1 N–H and O–H groups in total. The molecule has 0 bridgehead atoms. The van der Waals surface area contributed by atoms with E-state index < -0.39 is 0 Å². The third-order valence-corrected chi connectivity index (χ3v) is 4.03. The Morgan fingerprint density at radius 3 is 2.68 bits per heavy atom. The Hall–Kier alpha value is -1.32. The van der Waals surface area contributed by atoms with Gasteiger partial charge in [0.25, 0.3) is 0 Å². The molecular formula is C15H26N4. The van der Waals surface area contributed by atoms with E-state index in [-0.39, 0.29) is 0 Å². The third-order valence-electron chi connectivity index (χ3n) is 4.03. The highest BCUT2D eigenvalue weighted by Crippen LogP contribution is 2.29. The zero-order chi connectivity index (χ0) is 13.7. The van der Waals surface area contributed by atoms with Crippen LogP contribution in [0.2, 0.25) is 0 Å². The summed E-state index contributed by atoms with van der Waals surface area (Å²) < 4.78 is 0. The Kier molecular flexibility index (Phi) is 5.00. The fourth-order valence-electron chi connectivity index (χ4n) is 3.09. The van der Waals surface area contributed by atoms with E-state index >= 15 is 0 Å². The highest BCUT2D eigenvalue weighted by molar-refractivity contribution is 5.58. The van der Waals surface area contributed by atoms with Crippen molar-refractivity contribution in [3.63, 3.8) is 0 Å². The van der Waals surface area contributed by atoms with E-state index in [0.29, 0.717) is 0 Å². The van der Waals surface area contributed by atoms with Crippen LogP contribution in [0, 0.1) is 5.92 Å². The summed E-state index contributed by atoms with van der Waals surface area (Å²) in [6.07, 6.45) is 9.35. The molecule has 2 rings (SSSR count). The van der Waals surface area contributed by atoms with Crippen molar-refractivity contribution in [3.8, 4) is 0 Å². The highest BCUT2D eigenvalue weighted by atomic mass is 15.2. The Bertz CT molecular complexity index is 399. The molecule has 0 aliphatic heterocycles. The van der Waals surface area contributed by atoms with Crippen LogP contribution in [0.15, 0.2) is 6.33 Å². The molecule has 19 heavy (non-hydrogen) atoms. The monoisotopic (exact) mass is 262 g/mol. The van der Waals surface area contributed by atoms with Gasteiger partial charge < -0.3 is 10.2 Å². The Labute approximate surface area is 116 Å². The van der Waals surface area contributed by atoms with E-state index in [2.05, 4.69) is 34.2 Å². The summed E-state index contributed by atoms with van der Waals surface area (Å²) >= 11 is 0. The van der Waals surface area contributed by atoms with Crippen molar-refractivity contribution < 1.29 is 0 Å². The first-order valence-electron chi connectivity index (χ1n) is 7.49. The molecule has 4 heteroatoms. The van der Waals surface area contributed by atoms with E-state index in [1.54, 1.807) is 6.33 Å². The summed E-state index contributed by atoms with van der Waals surface area (Å²) in [5.41, 5.74) is 1.26. The van der Waals surface area contributed by atoms with Gasteiger partial charge in [-0.15, -0.1) is 0 Å². The second kappa shape index (κ2) is 6.73. The van der Waals surface area contributed by atoms with Gasteiger partial charge in [-0.1, -0.05) is 26.2 Å². The molecular weight excluding hydrogens is 236 g/mol. The van der Waals surface area contributed by atoms with Gasteiger partial charge in [-0.3, -0.25) is 0 Å². The number of nitrogens with one attached hydrogen (secondary N) is 1. The lowest BCUT2D eigenvalue weighted by atomic mass is 10.1. The number of rotatable bonds is 6. The van der Waals surface area contributed by atoms with Crippen LogP contribution < -0.4 is 10.2 Å². The van der Waals surface area contributed by atoms with Gasteiger partial charge in [0.2, 0.25) is 0 Å². The zero-order valence-corrected chi connectivity index (χ0v) is 12.4. The van der Waals surface area contributed by atoms with Gasteiger partial charge in [-0.25, -0.2) is 9.97 Å². The zero-order valence-electron chi connectivity index (χ0n) is 12.4. The minimum Gasteiger partial charge on any atom is -0.373 e. The summed E-state index contributed by atoms with van der Waals surface area (Å²) in [5, 5.41) is 3.19. The Morgan fingerprint density at radius 1 is 1.32 bits per heavy atom. The Balaban J connectivity index is 2.16. The van der Waals surface area contributed by atoms with Gasteiger partial charge in [0.15, 0.2) is 0 Å². The second-order valence-electron chi connectivity index (χ2n) is 5.56. The van der Waals surface area contributed by atoms with E-state index in [1.807, 2.05) is 7.05 Å². The molecule has 0 radical (unpaired) electrons. The van der Waals surface area contributed by atoms with Crippen molar-refractivity contribution in [1.29, 1.82) is 0 Å². The molecule has 0 atom stereocenters. The van der Waals surface area contributed by atoms with Gasteiger partial charge in [0.1, 0.15) is 18.0 Å². The smallest absolute Gasteiger partial charge is 0.137 e. The molecule has 106 valence electrons. The van der Waals surface area contributed by atoms with Crippen molar-refractivity contribution in [2.45, 2.75) is 45.4 Å². The Morgan fingerprint density at radius 2 is 2.05 bits per heavy atom. The molecule has 0 spiro atoms. The van der Waals surface area contributed by atoms with E-state index in [4.69, 9.17) is 0 Å². The van der Waals surface area contributed by atoms with Crippen molar-refractivity contribution >= 4 is 11.6 Å². The molecule has 0 aromatic carbocycles. The van der Waals surface area contributed by atoms with Crippen LogP contribution >= 0.6 is 0 Å². The first kappa shape index (κ1) is 14.1. The molecule has 1 aliphatic rings. The van der Waals surface area contributed by atoms with Gasteiger partial charge in [0, 0.05) is 26.2 Å². The molecule has 1 aliphatic carbocycles. The minimum atomic E-state index is 0.840. The van der Waals surface area contributed by atoms with Crippen LogP contribution in [-0.2, 0) is 6.42 Å². The van der Waals surface area contributed by atoms with E-state index in [9.17, 15) is 0 Å². The average molecular weight is 262 g/mol. The average Bonchev–Trinajstić information content (AvgIpc) is 2.92. The summed E-state index contributed by atoms with van der Waals surface area (Å²) in [6, 6.07) is 0. The molecule has 0 unspecified atom stereocenters. The molecule has 1 fully saturated rings. The van der Waals surface area contributed by atoms with Crippen LogP contribution in [-0.4, -0.2) is 30.6 Å². The number of anilines is 2. The predicted octanol–water partition coefficient (Wildman–Crippen LogP) is 3.10. The summed E-state index contributed by atoms with van der Waals surface area (Å²) in [6.45, 7) is 3.32. The summed E-state index contributed by atoms with van der Waals surface area (Å²) in [4.78, 5) is 11.2. The predicted molar refractivity (Wildman–Crippen MR) is 80.8 cm³/mol. The minimum absolute atomic E-state index is 0.840. The maximum absolute atomic E-state index is 4.52. The lowest BCUT2D eigenvalue weighted by Crippen LogP contribution is -2.26. The van der Waals surface area contributed by atoms with Gasteiger partial charge in [0.05, 0.1) is 0 Å². The summed E-state index contributed by atoms with van der Waals surface area (Å²) in [7, 11) is 4.10. The van der Waals surface area contributed by atoms with Crippen LogP contribution in [0.25, 0.3) is 0 Å². The second-order valence-corrected chi connectivity index (χ2v) is 5.56. The van der Waals surface area contributed by atoms with Crippen molar-refractivity contribution in [1.82, 2.24) is 9.97 Å². The first-order valence-corrected chi connectivity index (χ1v) is 7.49. The molecule has 4 nitrogen and oxygen atoms in total. The van der Waals surface area contributed by atoms with Gasteiger partial charge in [-0.05, 0) is 25.2 Å². The van der Waals surface area contributed by atoms with Crippen LogP contribution in [0.1, 0.15) is 44.6 Å². The molecule has 0 saturated heterocycles. The first-order chi connectivity index (χ1) is 9.26. The standard InChI is InChI=1S/C15H26N4/c1-4-7-13-14(16-2)17-11-18-15(13)19(3)10-12-8-5-6-9-12/h11-12H,4-10H2,1-3H3,(H,16,17,18). The summed E-state index contributed by atoms with van der Waals surface area (Å²) in [5.74, 6) is 2.92. The van der Waals surface area contributed by atoms with Crippen molar-refractivity contribution in [2.24, 2.45) is 5.92 Å². The maximum atomic E-state index is 4.52. The highest BCUT2D eigenvalue weighted by Gasteiger charge is 2.20. The molecule has 1 aromatic rings. The van der Waals surface area contributed by atoms with Crippen molar-refractivity contribution in [3.05, 3.63) is 11.9 Å².